The van der Waals surface area contributed by atoms with Crippen molar-refractivity contribution in [1.82, 2.24) is 5.32 Å². The van der Waals surface area contributed by atoms with Crippen LogP contribution in [0.5, 0.6) is 0 Å². The van der Waals surface area contributed by atoms with Crippen molar-refractivity contribution in [2.45, 2.75) is 39.2 Å². The topological polar surface area (TPSA) is 12.0 Å². The van der Waals surface area contributed by atoms with E-state index >= 15 is 0 Å². The maximum Gasteiger partial charge on any atom is 0.0671 e. The molecule has 19 heavy (non-hydrogen) atoms. The van der Waals surface area contributed by atoms with Crippen LogP contribution in [0.4, 0.5) is 0 Å². The zero-order valence-corrected chi connectivity index (χ0v) is 12.9. The fourth-order valence-corrected chi connectivity index (χ4v) is 3.64. The van der Waals surface area contributed by atoms with Gasteiger partial charge in [0.2, 0.25) is 0 Å². The van der Waals surface area contributed by atoms with E-state index in [0.29, 0.717) is 6.04 Å². The summed E-state index contributed by atoms with van der Waals surface area (Å²) in [5.74, 6) is 0. The molecule has 102 valence electrons. The molecule has 2 rings (SSSR count). The van der Waals surface area contributed by atoms with Crippen LogP contribution in [0, 0.1) is 0 Å². The number of rotatable bonds is 6. The third-order valence-corrected chi connectivity index (χ3v) is 4.59. The van der Waals surface area contributed by atoms with Crippen LogP contribution in [-0.4, -0.2) is 7.05 Å². The van der Waals surface area contributed by atoms with Crippen LogP contribution < -0.4 is 5.32 Å². The van der Waals surface area contributed by atoms with Gasteiger partial charge in [-0.05, 0) is 48.0 Å². The first-order valence-corrected chi connectivity index (χ1v) is 8.00. The number of hydrogen-bond acceptors (Lipinski definition) is 2. The van der Waals surface area contributed by atoms with Crippen molar-refractivity contribution in [1.29, 1.82) is 0 Å². The monoisotopic (exact) mass is 273 g/mol. The Morgan fingerprint density at radius 1 is 1.11 bits per heavy atom. The van der Waals surface area contributed by atoms with Gasteiger partial charge in [-0.1, -0.05) is 44.5 Å². The molecular weight excluding hydrogens is 250 g/mol. The van der Waals surface area contributed by atoms with Crippen LogP contribution in [0.1, 0.15) is 47.9 Å². The van der Waals surface area contributed by atoms with E-state index in [9.17, 15) is 0 Å². The van der Waals surface area contributed by atoms with Crippen molar-refractivity contribution in [3.8, 4) is 0 Å². The standard InChI is InChI=1S/C17H23NS/c1-4-6-13-7-9-15(10-8-13)16(18-3)17-14(5-2)11-12-19-17/h7-12,16,18H,4-6H2,1-3H3. The lowest BCUT2D eigenvalue weighted by atomic mass is 9.99. The molecule has 1 unspecified atom stereocenters. The summed E-state index contributed by atoms with van der Waals surface area (Å²) in [7, 11) is 2.05. The highest BCUT2D eigenvalue weighted by molar-refractivity contribution is 7.10. The Hall–Kier alpha value is -1.12. The molecule has 0 fully saturated rings. The summed E-state index contributed by atoms with van der Waals surface area (Å²) in [4.78, 5) is 1.45. The molecule has 0 aliphatic carbocycles. The average molecular weight is 273 g/mol. The van der Waals surface area contributed by atoms with Gasteiger partial charge in [0, 0.05) is 4.88 Å². The highest BCUT2D eigenvalue weighted by Gasteiger charge is 2.16. The van der Waals surface area contributed by atoms with Gasteiger partial charge in [0.1, 0.15) is 0 Å². The molecule has 1 N–H and O–H groups in total. The molecule has 0 spiro atoms. The van der Waals surface area contributed by atoms with E-state index in [2.05, 4.69) is 54.9 Å². The van der Waals surface area contributed by atoms with Gasteiger partial charge in [-0.15, -0.1) is 11.3 Å². The van der Waals surface area contributed by atoms with Gasteiger partial charge in [0.25, 0.3) is 0 Å². The number of benzene rings is 1. The number of nitrogens with one attached hydrogen (secondary N) is 1. The molecule has 0 bridgehead atoms. The molecule has 0 saturated heterocycles. The van der Waals surface area contributed by atoms with E-state index in [0.717, 1.165) is 6.42 Å². The zero-order valence-electron chi connectivity index (χ0n) is 12.1. The lowest BCUT2D eigenvalue weighted by Crippen LogP contribution is -2.17. The van der Waals surface area contributed by atoms with Gasteiger partial charge < -0.3 is 5.32 Å². The second-order valence-corrected chi connectivity index (χ2v) is 5.82. The van der Waals surface area contributed by atoms with Gasteiger partial charge in [-0.3, -0.25) is 0 Å². The van der Waals surface area contributed by atoms with E-state index in [1.165, 1.54) is 34.4 Å². The Labute approximate surface area is 120 Å². The molecule has 0 amide bonds. The molecule has 0 aliphatic heterocycles. The van der Waals surface area contributed by atoms with Crippen LogP contribution in [0.15, 0.2) is 35.7 Å². The quantitative estimate of drug-likeness (QED) is 0.813. The predicted octanol–water partition coefficient (Wildman–Crippen LogP) is 4.57. The van der Waals surface area contributed by atoms with Gasteiger partial charge in [0.15, 0.2) is 0 Å². The molecular formula is C17H23NS. The summed E-state index contributed by atoms with van der Waals surface area (Å²) in [5.41, 5.74) is 4.25. The van der Waals surface area contributed by atoms with Crippen molar-refractivity contribution < 1.29 is 0 Å². The van der Waals surface area contributed by atoms with Crippen LogP contribution >= 0.6 is 11.3 Å². The van der Waals surface area contributed by atoms with E-state index in [-0.39, 0.29) is 0 Å². The molecule has 1 heterocycles. The van der Waals surface area contributed by atoms with Crippen molar-refractivity contribution in [2.75, 3.05) is 7.05 Å². The Morgan fingerprint density at radius 3 is 2.42 bits per heavy atom. The smallest absolute Gasteiger partial charge is 0.0671 e. The zero-order chi connectivity index (χ0) is 13.7. The molecule has 2 aromatic rings. The molecule has 1 aromatic carbocycles. The third-order valence-electron chi connectivity index (χ3n) is 3.56. The second-order valence-electron chi connectivity index (χ2n) is 4.88. The summed E-state index contributed by atoms with van der Waals surface area (Å²) >= 11 is 1.85. The van der Waals surface area contributed by atoms with E-state index in [4.69, 9.17) is 0 Å². The fourth-order valence-electron chi connectivity index (χ4n) is 2.51. The molecule has 0 saturated carbocycles. The van der Waals surface area contributed by atoms with Crippen molar-refractivity contribution in [3.63, 3.8) is 0 Å². The highest BCUT2D eigenvalue weighted by Crippen LogP contribution is 2.30. The molecule has 1 aromatic heterocycles. The number of hydrogen-bond donors (Lipinski definition) is 1. The van der Waals surface area contributed by atoms with Crippen molar-refractivity contribution >= 4 is 11.3 Å². The normalized spacial score (nSPS) is 12.6. The third kappa shape index (κ3) is 3.26. The van der Waals surface area contributed by atoms with Gasteiger partial charge in [-0.2, -0.15) is 0 Å². The lowest BCUT2D eigenvalue weighted by molar-refractivity contribution is 0.696. The number of thiophene rings is 1. The minimum atomic E-state index is 0.325. The van der Waals surface area contributed by atoms with Crippen molar-refractivity contribution in [2.24, 2.45) is 0 Å². The molecule has 1 nitrogen and oxygen atoms in total. The first-order chi connectivity index (χ1) is 9.30. The summed E-state index contributed by atoms with van der Waals surface area (Å²) in [6, 6.07) is 11.6. The Morgan fingerprint density at radius 2 is 1.84 bits per heavy atom. The Balaban J connectivity index is 2.26. The summed E-state index contributed by atoms with van der Waals surface area (Å²) < 4.78 is 0. The minimum absolute atomic E-state index is 0.325. The largest absolute Gasteiger partial charge is 0.309 e. The van der Waals surface area contributed by atoms with E-state index < -0.39 is 0 Å². The van der Waals surface area contributed by atoms with Crippen LogP contribution in [0.25, 0.3) is 0 Å². The first-order valence-electron chi connectivity index (χ1n) is 7.12. The van der Waals surface area contributed by atoms with Gasteiger partial charge in [0.05, 0.1) is 6.04 Å². The van der Waals surface area contributed by atoms with Gasteiger partial charge in [-0.25, -0.2) is 0 Å². The van der Waals surface area contributed by atoms with Crippen LogP contribution in [0.2, 0.25) is 0 Å². The first kappa shape index (κ1) is 14.3. The maximum absolute atomic E-state index is 3.46. The van der Waals surface area contributed by atoms with E-state index in [1.54, 1.807) is 0 Å². The molecule has 0 aliphatic rings. The predicted molar refractivity (Wildman–Crippen MR) is 85.0 cm³/mol. The summed E-state index contributed by atoms with van der Waals surface area (Å²) in [5, 5.41) is 5.66. The average Bonchev–Trinajstić information content (AvgIpc) is 2.90. The minimum Gasteiger partial charge on any atom is -0.309 e. The number of aryl methyl sites for hydroxylation is 2. The maximum atomic E-state index is 3.46. The summed E-state index contributed by atoms with van der Waals surface area (Å²) in [6.07, 6.45) is 3.48. The Kier molecular flexibility index (Phi) is 5.17. The molecule has 1 atom stereocenters. The second kappa shape index (κ2) is 6.88. The molecule has 2 heteroatoms. The SMILES string of the molecule is CCCc1ccc(C(NC)c2sccc2CC)cc1. The van der Waals surface area contributed by atoms with Crippen molar-refractivity contribution in [3.05, 3.63) is 57.3 Å². The molecule has 0 radical (unpaired) electrons. The highest BCUT2D eigenvalue weighted by atomic mass is 32.1. The Bertz CT molecular complexity index is 498. The summed E-state index contributed by atoms with van der Waals surface area (Å²) in [6.45, 7) is 4.45. The fraction of sp³-hybridized carbons (Fsp3) is 0.412. The van der Waals surface area contributed by atoms with E-state index in [1.807, 2.05) is 18.4 Å². The lowest BCUT2D eigenvalue weighted by Gasteiger charge is -2.17. The van der Waals surface area contributed by atoms with Crippen LogP contribution in [-0.2, 0) is 12.8 Å². The van der Waals surface area contributed by atoms with Crippen LogP contribution in [0.3, 0.4) is 0 Å². The van der Waals surface area contributed by atoms with Gasteiger partial charge >= 0.3 is 0 Å².